The largest absolute Gasteiger partial charge is 0.355 e. The number of nitrogens with one attached hydrogen (secondary N) is 1. The summed E-state index contributed by atoms with van der Waals surface area (Å²) < 4.78 is 26.5. The van der Waals surface area contributed by atoms with Crippen LogP contribution in [0.5, 0.6) is 0 Å². The van der Waals surface area contributed by atoms with Crippen LogP contribution < -0.4 is 5.32 Å². The van der Waals surface area contributed by atoms with Gasteiger partial charge < -0.3 is 5.32 Å². The molecule has 0 aliphatic carbocycles. The summed E-state index contributed by atoms with van der Waals surface area (Å²) in [6, 6.07) is 8.50. The van der Waals surface area contributed by atoms with Crippen molar-refractivity contribution < 1.29 is 13.2 Å². The second-order valence-corrected chi connectivity index (χ2v) is 7.66. The zero-order valence-corrected chi connectivity index (χ0v) is 14.5. The molecule has 6 nitrogen and oxygen atoms in total. The zero-order valence-electron chi connectivity index (χ0n) is 12.9. The number of carbonyl (C=O) groups excluding carboxylic acids is 1. The molecule has 0 unspecified atom stereocenters. The molecule has 1 fully saturated rings. The highest BCUT2D eigenvalue weighted by Gasteiger charge is 2.27. The van der Waals surface area contributed by atoms with Crippen LogP contribution in [0.25, 0.3) is 0 Å². The van der Waals surface area contributed by atoms with Crippen molar-refractivity contribution in [3.63, 3.8) is 0 Å². The van der Waals surface area contributed by atoms with Gasteiger partial charge in [-0.05, 0) is 12.1 Å². The van der Waals surface area contributed by atoms with Gasteiger partial charge in [-0.15, -0.1) is 11.6 Å². The van der Waals surface area contributed by atoms with Crippen LogP contribution in [0.4, 0.5) is 0 Å². The minimum Gasteiger partial charge on any atom is -0.355 e. The molecule has 0 saturated carbocycles. The van der Waals surface area contributed by atoms with Crippen LogP contribution in [-0.4, -0.2) is 68.7 Å². The number of piperazine rings is 1. The van der Waals surface area contributed by atoms with Gasteiger partial charge in [0, 0.05) is 51.6 Å². The van der Waals surface area contributed by atoms with Crippen molar-refractivity contribution >= 4 is 27.5 Å². The fourth-order valence-electron chi connectivity index (χ4n) is 2.46. The van der Waals surface area contributed by atoms with E-state index in [1.807, 2.05) is 0 Å². The Morgan fingerprint density at radius 3 is 2.39 bits per heavy atom. The lowest BCUT2D eigenvalue weighted by Gasteiger charge is -2.33. The minimum atomic E-state index is -3.40. The highest BCUT2D eigenvalue weighted by atomic mass is 35.5. The number of hydrogen-bond donors (Lipinski definition) is 1. The topological polar surface area (TPSA) is 69.7 Å². The molecule has 8 heteroatoms. The smallest absolute Gasteiger partial charge is 0.243 e. The molecule has 0 aromatic heterocycles. The Hall–Kier alpha value is -1.15. The number of carbonyl (C=O) groups is 1. The molecule has 23 heavy (non-hydrogen) atoms. The summed E-state index contributed by atoms with van der Waals surface area (Å²) in [6.45, 7) is 3.53. The molecule has 1 aromatic rings. The Balaban J connectivity index is 1.79. The number of amides is 1. The molecule has 0 atom stereocenters. The lowest BCUT2D eigenvalue weighted by Crippen LogP contribution is -2.50. The number of benzene rings is 1. The van der Waals surface area contributed by atoms with Crippen molar-refractivity contribution in [1.82, 2.24) is 14.5 Å². The molecular weight excluding hydrogens is 338 g/mol. The van der Waals surface area contributed by atoms with Gasteiger partial charge in [-0.25, -0.2) is 8.42 Å². The summed E-state index contributed by atoms with van der Waals surface area (Å²) in [5, 5.41) is 2.80. The van der Waals surface area contributed by atoms with E-state index in [1.54, 1.807) is 30.3 Å². The minimum absolute atomic E-state index is 0.0507. The van der Waals surface area contributed by atoms with Gasteiger partial charge in [-0.3, -0.25) is 9.69 Å². The maximum atomic E-state index is 12.5. The molecular formula is C15H22ClN3O3S. The molecule has 0 spiro atoms. The molecule has 1 amide bonds. The fraction of sp³-hybridized carbons (Fsp3) is 0.533. The number of sulfonamides is 1. The van der Waals surface area contributed by atoms with Crippen molar-refractivity contribution in [1.29, 1.82) is 0 Å². The highest BCUT2D eigenvalue weighted by Crippen LogP contribution is 2.16. The lowest BCUT2D eigenvalue weighted by molar-refractivity contribution is -0.120. The average molecular weight is 360 g/mol. The number of halogens is 1. The highest BCUT2D eigenvalue weighted by molar-refractivity contribution is 7.89. The molecule has 2 rings (SSSR count). The van der Waals surface area contributed by atoms with E-state index in [0.29, 0.717) is 56.5 Å². The summed E-state index contributed by atoms with van der Waals surface area (Å²) in [5.41, 5.74) is 0. The summed E-state index contributed by atoms with van der Waals surface area (Å²) in [4.78, 5) is 13.8. The lowest BCUT2D eigenvalue weighted by atomic mass is 10.3. The second-order valence-electron chi connectivity index (χ2n) is 5.35. The molecule has 1 aromatic carbocycles. The van der Waals surface area contributed by atoms with E-state index in [1.165, 1.54) is 4.31 Å². The standard InChI is InChI=1S/C15H22ClN3O3S/c16-7-6-15(20)17-8-9-18-10-12-19(13-11-18)23(21,22)14-4-2-1-3-5-14/h1-5H,6-13H2,(H,17,20). The summed E-state index contributed by atoms with van der Waals surface area (Å²) in [5.74, 6) is 0.271. The second kappa shape index (κ2) is 8.63. The third-order valence-electron chi connectivity index (χ3n) is 3.78. The van der Waals surface area contributed by atoms with Crippen LogP contribution in [0, 0.1) is 0 Å². The van der Waals surface area contributed by atoms with E-state index in [4.69, 9.17) is 11.6 Å². The molecule has 1 saturated heterocycles. The number of hydrogen-bond acceptors (Lipinski definition) is 4. The fourth-order valence-corrected chi connectivity index (χ4v) is 4.08. The Morgan fingerprint density at radius 2 is 1.78 bits per heavy atom. The van der Waals surface area contributed by atoms with E-state index >= 15 is 0 Å². The van der Waals surface area contributed by atoms with Crippen molar-refractivity contribution in [3.8, 4) is 0 Å². The summed E-state index contributed by atoms with van der Waals surface area (Å²) >= 11 is 5.50. The quantitative estimate of drug-likeness (QED) is 0.729. The van der Waals surface area contributed by atoms with Crippen LogP contribution in [0.15, 0.2) is 35.2 Å². The first kappa shape index (κ1) is 18.2. The van der Waals surface area contributed by atoms with Gasteiger partial charge >= 0.3 is 0 Å². The first-order valence-electron chi connectivity index (χ1n) is 7.64. The normalized spacial score (nSPS) is 17.1. The first-order valence-corrected chi connectivity index (χ1v) is 9.61. The number of nitrogens with zero attached hydrogens (tertiary/aromatic N) is 2. The third-order valence-corrected chi connectivity index (χ3v) is 5.89. The molecule has 1 heterocycles. The Labute approximate surface area is 142 Å². The van der Waals surface area contributed by atoms with Crippen molar-refractivity contribution in [3.05, 3.63) is 30.3 Å². The molecule has 1 aliphatic heterocycles. The van der Waals surface area contributed by atoms with E-state index < -0.39 is 10.0 Å². The SMILES string of the molecule is O=C(CCCl)NCCN1CCN(S(=O)(=O)c2ccccc2)CC1. The monoisotopic (exact) mass is 359 g/mol. The van der Waals surface area contributed by atoms with E-state index in [0.717, 1.165) is 0 Å². The van der Waals surface area contributed by atoms with Crippen LogP contribution in [0.2, 0.25) is 0 Å². The number of alkyl halides is 1. The summed E-state index contributed by atoms with van der Waals surface area (Å²) in [7, 11) is -3.40. The van der Waals surface area contributed by atoms with Crippen LogP contribution in [0.3, 0.4) is 0 Å². The van der Waals surface area contributed by atoms with Crippen molar-refractivity contribution in [2.24, 2.45) is 0 Å². The van der Waals surface area contributed by atoms with Gasteiger partial charge in [0.2, 0.25) is 15.9 Å². The third kappa shape index (κ3) is 5.17. The van der Waals surface area contributed by atoms with Crippen LogP contribution in [-0.2, 0) is 14.8 Å². The zero-order chi connectivity index (χ0) is 16.7. The molecule has 0 bridgehead atoms. The van der Waals surface area contributed by atoms with Crippen molar-refractivity contribution in [2.45, 2.75) is 11.3 Å². The Morgan fingerprint density at radius 1 is 1.13 bits per heavy atom. The first-order chi connectivity index (χ1) is 11.0. The molecule has 0 radical (unpaired) electrons. The number of rotatable bonds is 7. The predicted octanol–water partition coefficient (Wildman–Crippen LogP) is 0.738. The van der Waals surface area contributed by atoms with Gasteiger partial charge in [0.1, 0.15) is 0 Å². The predicted molar refractivity (Wildman–Crippen MR) is 90.0 cm³/mol. The van der Waals surface area contributed by atoms with Crippen molar-refractivity contribution in [2.75, 3.05) is 45.1 Å². The maximum absolute atomic E-state index is 12.5. The maximum Gasteiger partial charge on any atom is 0.243 e. The van der Waals surface area contributed by atoms with E-state index in [9.17, 15) is 13.2 Å². The summed E-state index contributed by atoms with van der Waals surface area (Å²) in [6.07, 6.45) is 0.324. The van der Waals surface area contributed by atoms with E-state index in [2.05, 4.69) is 10.2 Å². The average Bonchev–Trinajstić information content (AvgIpc) is 2.56. The van der Waals surface area contributed by atoms with Crippen LogP contribution in [0.1, 0.15) is 6.42 Å². The molecule has 128 valence electrons. The molecule has 1 aliphatic rings. The van der Waals surface area contributed by atoms with Gasteiger partial charge in [0.25, 0.3) is 0 Å². The van der Waals surface area contributed by atoms with Crippen LogP contribution >= 0.6 is 11.6 Å². The van der Waals surface area contributed by atoms with Gasteiger partial charge in [-0.2, -0.15) is 4.31 Å². The molecule has 1 N–H and O–H groups in total. The van der Waals surface area contributed by atoms with E-state index in [-0.39, 0.29) is 5.91 Å². The van der Waals surface area contributed by atoms with Gasteiger partial charge in [0.05, 0.1) is 4.90 Å². The van der Waals surface area contributed by atoms with Gasteiger partial charge in [-0.1, -0.05) is 18.2 Å². The van der Waals surface area contributed by atoms with Gasteiger partial charge in [0.15, 0.2) is 0 Å². The Bertz CT molecular complexity index is 602. The Kier molecular flexibility index (Phi) is 6.83.